The molecule has 0 amide bonds. The standard InChI is InChI=1S/C4H10ClOPS/c1-3-4-6-7(2,5)8/h3-4H2,1-2H3. The van der Waals surface area contributed by atoms with Crippen LogP contribution < -0.4 is 0 Å². The van der Waals surface area contributed by atoms with Gasteiger partial charge < -0.3 is 4.52 Å². The van der Waals surface area contributed by atoms with Gasteiger partial charge in [0.2, 0.25) is 0 Å². The molecule has 0 aromatic carbocycles. The van der Waals surface area contributed by atoms with E-state index in [9.17, 15) is 0 Å². The van der Waals surface area contributed by atoms with E-state index in [0.717, 1.165) is 6.42 Å². The molecule has 50 valence electrons. The summed E-state index contributed by atoms with van der Waals surface area (Å²) in [5.41, 5.74) is -1.88. The lowest BCUT2D eigenvalue weighted by molar-refractivity contribution is 0.360. The van der Waals surface area contributed by atoms with Crippen molar-refractivity contribution in [2.45, 2.75) is 13.3 Å². The van der Waals surface area contributed by atoms with Crippen molar-refractivity contribution in [1.29, 1.82) is 0 Å². The number of hydrogen-bond acceptors (Lipinski definition) is 2. The monoisotopic (exact) mass is 172 g/mol. The van der Waals surface area contributed by atoms with Crippen molar-refractivity contribution in [1.82, 2.24) is 0 Å². The van der Waals surface area contributed by atoms with Crippen LogP contribution in [0.4, 0.5) is 0 Å². The molecule has 1 atom stereocenters. The Hall–Kier alpha value is 0.900. The topological polar surface area (TPSA) is 9.23 Å². The number of hydrogen-bond donors (Lipinski definition) is 0. The predicted molar refractivity (Wildman–Crippen MR) is 42.3 cm³/mol. The molecular formula is C4H10ClOPS. The van der Waals surface area contributed by atoms with Gasteiger partial charge in [-0.2, -0.15) is 0 Å². The van der Waals surface area contributed by atoms with Gasteiger partial charge in [-0.05, 0) is 6.42 Å². The van der Waals surface area contributed by atoms with Gasteiger partial charge in [-0.25, -0.2) is 0 Å². The first-order valence-electron chi connectivity index (χ1n) is 2.48. The Kier molecular flexibility index (Phi) is 4.27. The third-order valence-electron chi connectivity index (χ3n) is 0.526. The summed E-state index contributed by atoms with van der Waals surface area (Å²) in [5, 5.41) is 0. The van der Waals surface area contributed by atoms with E-state index < -0.39 is 5.62 Å². The van der Waals surface area contributed by atoms with Crippen molar-refractivity contribution in [3.8, 4) is 0 Å². The smallest absolute Gasteiger partial charge is 0.148 e. The fraction of sp³-hybridized carbons (Fsp3) is 1.00. The van der Waals surface area contributed by atoms with Crippen LogP contribution in [-0.2, 0) is 16.3 Å². The van der Waals surface area contributed by atoms with Crippen LogP contribution in [0.1, 0.15) is 13.3 Å². The summed E-state index contributed by atoms with van der Waals surface area (Å²) >= 11 is 10.4. The average molecular weight is 173 g/mol. The summed E-state index contributed by atoms with van der Waals surface area (Å²) in [6, 6.07) is 0. The second-order valence-electron chi connectivity index (χ2n) is 1.58. The maximum absolute atomic E-state index is 5.62. The van der Waals surface area contributed by atoms with Crippen LogP contribution in [-0.4, -0.2) is 13.3 Å². The molecule has 0 radical (unpaired) electrons. The Morgan fingerprint density at radius 1 is 1.75 bits per heavy atom. The second-order valence-corrected chi connectivity index (χ2v) is 7.96. The first kappa shape index (κ1) is 8.90. The Morgan fingerprint density at radius 3 is 2.38 bits per heavy atom. The fourth-order valence-electron chi connectivity index (χ4n) is 0.254. The predicted octanol–water partition coefficient (Wildman–Crippen LogP) is 2.59. The highest BCUT2D eigenvalue weighted by Crippen LogP contribution is 2.48. The first-order valence-corrected chi connectivity index (χ1v) is 6.55. The van der Waals surface area contributed by atoms with Crippen LogP contribution >= 0.6 is 16.9 Å². The molecule has 0 N–H and O–H groups in total. The molecule has 0 aromatic heterocycles. The van der Waals surface area contributed by atoms with E-state index in [2.05, 4.69) is 0 Å². The summed E-state index contributed by atoms with van der Waals surface area (Å²) in [6.45, 7) is 4.48. The van der Waals surface area contributed by atoms with Crippen LogP contribution in [0.15, 0.2) is 0 Å². The van der Waals surface area contributed by atoms with E-state index in [-0.39, 0.29) is 0 Å². The van der Waals surface area contributed by atoms with Crippen molar-refractivity contribution in [3.05, 3.63) is 0 Å². The third-order valence-corrected chi connectivity index (χ3v) is 1.78. The van der Waals surface area contributed by atoms with Gasteiger partial charge in [-0.3, -0.25) is 0 Å². The van der Waals surface area contributed by atoms with E-state index >= 15 is 0 Å². The van der Waals surface area contributed by atoms with E-state index in [1.54, 1.807) is 6.66 Å². The van der Waals surface area contributed by atoms with Crippen LogP contribution in [0.2, 0.25) is 0 Å². The van der Waals surface area contributed by atoms with Crippen molar-refractivity contribution in [2.24, 2.45) is 0 Å². The van der Waals surface area contributed by atoms with E-state index in [1.165, 1.54) is 0 Å². The molecule has 1 nitrogen and oxygen atoms in total. The van der Waals surface area contributed by atoms with Crippen molar-refractivity contribution >= 4 is 28.7 Å². The highest BCUT2D eigenvalue weighted by molar-refractivity contribution is 8.24. The summed E-state index contributed by atoms with van der Waals surface area (Å²) in [7, 11) is 0. The molecule has 0 saturated carbocycles. The van der Waals surface area contributed by atoms with Crippen LogP contribution in [0.3, 0.4) is 0 Å². The fourth-order valence-corrected chi connectivity index (χ4v) is 1.19. The Labute approximate surface area is 60.2 Å². The molecule has 0 fully saturated rings. The summed E-state index contributed by atoms with van der Waals surface area (Å²) in [4.78, 5) is 0. The van der Waals surface area contributed by atoms with Crippen molar-refractivity contribution in [3.63, 3.8) is 0 Å². The third kappa shape index (κ3) is 6.90. The molecule has 0 aliphatic rings. The minimum Gasteiger partial charge on any atom is -0.338 e. The molecule has 0 saturated heterocycles. The largest absolute Gasteiger partial charge is 0.338 e. The summed E-state index contributed by atoms with van der Waals surface area (Å²) < 4.78 is 5.07. The van der Waals surface area contributed by atoms with Gasteiger partial charge in [0.25, 0.3) is 0 Å². The lowest BCUT2D eigenvalue weighted by Crippen LogP contribution is -1.83. The van der Waals surface area contributed by atoms with Gasteiger partial charge in [0, 0.05) is 6.66 Å². The van der Waals surface area contributed by atoms with Crippen molar-refractivity contribution < 1.29 is 4.52 Å². The summed E-state index contributed by atoms with van der Waals surface area (Å²) in [6.07, 6.45) is 0.985. The molecule has 1 unspecified atom stereocenters. The zero-order valence-corrected chi connectivity index (χ0v) is 7.52. The molecule has 0 bridgehead atoms. The number of rotatable bonds is 3. The quantitative estimate of drug-likeness (QED) is 0.606. The highest BCUT2D eigenvalue weighted by atomic mass is 35.7. The maximum atomic E-state index is 5.62. The molecule has 0 aliphatic carbocycles. The molecule has 0 aromatic rings. The van der Waals surface area contributed by atoms with Gasteiger partial charge in [0.05, 0.1) is 6.61 Å². The molecule has 0 heterocycles. The van der Waals surface area contributed by atoms with E-state index in [0.29, 0.717) is 6.61 Å². The van der Waals surface area contributed by atoms with Crippen LogP contribution in [0, 0.1) is 0 Å². The Balaban J connectivity index is 3.26. The number of halogens is 1. The Morgan fingerprint density at radius 2 is 2.25 bits per heavy atom. The van der Waals surface area contributed by atoms with Gasteiger partial charge in [-0.1, -0.05) is 30.0 Å². The van der Waals surface area contributed by atoms with Gasteiger partial charge in [0.15, 0.2) is 0 Å². The molecule has 8 heavy (non-hydrogen) atoms. The van der Waals surface area contributed by atoms with E-state index in [1.807, 2.05) is 6.92 Å². The first-order chi connectivity index (χ1) is 3.56. The zero-order chi connectivity index (χ0) is 6.62. The maximum Gasteiger partial charge on any atom is 0.148 e. The van der Waals surface area contributed by atoms with Gasteiger partial charge >= 0.3 is 0 Å². The SMILES string of the molecule is CCCOP(C)(=S)Cl. The van der Waals surface area contributed by atoms with Crippen LogP contribution in [0.5, 0.6) is 0 Å². The molecular weight excluding hydrogens is 163 g/mol. The lowest BCUT2D eigenvalue weighted by atomic mass is 10.5. The molecule has 0 rings (SSSR count). The minimum atomic E-state index is -1.88. The average Bonchev–Trinajstić information content (AvgIpc) is 1.59. The highest BCUT2D eigenvalue weighted by Gasteiger charge is 2.01. The summed E-state index contributed by atoms with van der Waals surface area (Å²) in [5.74, 6) is 0. The van der Waals surface area contributed by atoms with Crippen molar-refractivity contribution in [2.75, 3.05) is 13.3 Å². The second kappa shape index (κ2) is 3.84. The molecule has 0 aliphatic heterocycles. The van der Waals surface area contributed by atoms with E-state index in [4.69, 9.17) is 27.6 Å². The van der Waals surface area contributed by atoms with Crippen LogP contribution in [0.25, 0.3) is 0 Å². The van der Waals surface area contributed by atoms with Gasteiger partial charge in [-0.15, -0.1) is 0 Å². The zero-order valence-electron chi connectivity index (χ0n) is 5.06. The normalized spacial score (nSPS) is 17.9. The minimum absolute atomic E-state index is 0.692. The lowest BCUT2D eigenvalue weighted by Gasteiger charge is -2.06. The van der Waals surface area contributed by atoms with Gasteiger partial charge in [0.1, 0.15) is 5.62 Å². The molecule has 0 spiro atoms. The molecule has 4 heteroatoms. The Bertz CT molecular complexity index is 100.